The highest BCUT2D eigenvalue weighted by molar-refractivity contribution is 5.81. The minimum Gasteiger partial charge on any atom is -0.383 e. The fraction of sp³-hybridized carbons (Fsp3) is 0.333. The minimum atomic E-state index is -0.614. The minimum absolute atomic E-state index is 0.190. The lowest BCUT2D eigenvalue weighted by Gasteiger charge is -2.11. The zero-order valence-corrected chi connectivity index (χ0v) is 12.0. The average Bonchev–Trinajstić information content (AvgIpc) is 3.02. The van der Waals surface area contributed by atoms with Gasteiger partial charge in [-0.15, -0.1) is 0 Å². The highest BCUT2D eigenvalue weighted by atomic mass is 16.5. The Labute approximate surface area is 123 Å². The Kier molecular flexibility index (Phi) is 5.48. The first kappa shape index (κ1) is 15.2. The van der Waals surface area contributed by atoms with E-state index in [4.69, 9.17) is 10.5 Å². The van der Waals surface area contributed by atoms with Gasteiger partial charge in [0, 0.05) is 26.0 Å². The van der Waals surface area contributed by atoms with Gasteiger partial charge < -0.3 is 15.8 Å². The summed E-state index contributed by atoms with van der Waals surface area (Å²) < 4.78 is 6.64. The van der Waals surface area contributed by atoms with E-state index < -0.39 is 6.04 Å². The van der Waals surface area contributed by atoms with E-state index >= 15 is 0 Å². The van der Waals surface area contributed by atoms with Crippen molar-refractivity contribution in [2.24, 2.45) is 5.73 Å². The van der Waals surface area contributed by atoms with Crippen LogP contribution in [0.4, 0.5) is 0 Å². The zero-order chi connectivity index (χ0) is 15.1. The molecule has 6 heteroatoms. The van der Waals surface area contributed by atoms with Crippen LogP contribution in [0.5, 0.6) is 0 Å². The molecule has 1 atom stereocenters. The molecular formula is C15H20N4O2. The van der Waals surface area contributed by atoms with Gasteiger partial charge in [0.25, 0.3) is 0 Å². The number of nitrogens with two attached hydrogens (primary N) is 1. The summed E-state index contributed by atoms with van der Waals surface area (Å²) in [5.41, 5.74) is 7.79. The number of hydrogen-bond donors (Lipinski definition) is 2. The van der Waals surface area contributed by atoms with Crippen molar-refractivity contribution in [1.82, 2.24) is 15.1 Å². The first-order valence-corrected chi connectivity index (χ1v) is 6.82. The van der Waals surface area contributed by atoms with E-state index in [0.717, 1.165) is 17.7 Å². The van der Waals surface area contributed by atoms with Crippen molar-refractivity contribution in [3.63, 3.8) is 0 Å². The third-order valence-corrected chi connectivity index (χ3v) is 3.10. The number of nitrogens with one attached hydrogen (secondary N) is 1. The van der Waals surface area contributed by atoms with E-state index in [1.165, 1.54) is 7.11 Å². The molecule has 0 aliphatic heterocycles. The number of rotatable bonds is 7. The van der Waals surface area contributed by atoms with Crippen LogP contribution < -0.4 is 11.1 Å². The molecule has 6 nitrogen and oxygen atoms in total. The van der Waals surface area contributed by atoms with Gasteiger partial charge >= 0.3 is 0 Å². The lowest BCUT2D eigenvalue weighted by atomic mass is 10.1. The Morgan fingerprint density at radius 3 is 2.81 bits per heavy atom. The monoisotopic (exact) mass is 288 g/mol. The summed E-state index contributed by atoms with van der Waals surface area (Å²) in [6.07, 6.45) is 4.39. The molecular weight excluding hydrogens is 268 g/mol. The number of methoxy groups -OCH3 is 1. The van der Waals surface area contributed by atoms with Crippen LogP contribution in [0.3, 0.4) is 0 Å². The van der Waals surface area contributed by atoms with Gasteiger partial charge in [0.15, 0.2) is 0 Å². The average molecular weight is 288 g/mol. The number of carbonyl (C=O) groups is 1. The molecule has 1 unspecified atom stereocenters. The molecule has 0 bridgehead atoms. The first-order valence-electron chi connectivity index (χ1n) is 6.82. The van der Waals surface area contributed by atoms with Gasteiger partial charge in [0.05, 0.1) is 12.3 Å². The van der Waals surface area contributed by atoms with Gasteiger partial charge in [0.2, 0.25) is 5.91 Å². The smallest absolute Gasteiger partial charge is 0.239 e. The van der Waals surface area contributed by atoms with Crippen molar-refractivity contribution in [1.29, 1.82) is 0 Å². The van der Waals surface area contributed by atoms with Crippen LogP contribution in [0.2, 0.25) is 0 Å². The van der Waals surface area contributed by atoms with Gasteiger partial charge in [-0.25, -0.2) is 4.68 Å². The Morgan fingerprint density at radius 2 is 2.19 bits per heavy atom. The first-order chi connectivity index (χ1) is 10.2. The van der Waals surface area contributed by atoms with E-state index in [1.54, 1.807) is 10.9 Å². The maximum atomic E-state index is 11.6. The largest absolute Gasteiger partial charge is 0.383 e. The quantitative estimate of drug-likeness (QED) is 0.777. The third-order valence-electron chi connectivity index (χ3n) is 3.10. The van der Waals surface area contributed by atoms with E-state index in [2.05, 4.69) is 10.4 Å². The van der Waals surface area contributed by atoms with Gasteiger partial charge in [-0.3, -0.25) is 4.79 Å². The van der Waals surface area contributed by atoms with Crippen molar-refractivity contribution in [3.05, 3.63) is 48.3 Å². The summed E-state index contributed by atoms with van der Waals surface area (Å²) in [5, 5.41) is 6.97. The van der Waals surface area contributed by atoms with E-state index in [0.29, 0.717) is 6.54 Å². The number of ether oxygens (including phenoxy) is 1. The molecule has 1 heterocycles. The van der Waals surface area contributed by atoms with Crippen molar-refractivity contribution in [2.45, 2.75) is 12.5 Å². The van der Waals surface area contributed by atoms with Gasteiger partial charge in [-0.05, 0) is 30.2 Å². The molecule has 2 rings (SSSR count). The molecule has 112 valence electrons. The van der Waals surface area contributed by atoms with Crippen LogP contribution in [0.15, 0.2) is 42.7 Å². The molecule has 2 aromatic rings. The Bertz CT molecular complexity index is 552. The molecule has 0 aliphatic rings. The fourth-order valence-electron chi connectivity index (χ4n) is 1.95. The second kappa shape index (κ2) is 7.56. The van der Waals surface area contributed by atoms with E-state index in [1.807, 2.05) is 36.5 Å². The van der Waals surface area contributed by atoms with Crippen LogP contribution in [0, 0.1) is 0 Å². The molecule has 0 aliphatic carbocycles. The standard InChI is InChI=1S/C15H20N4O2/c1-21-11-14(16)15(20)17-9-7-12-3-5-13(6-4-12)19-10-2-8-18-19/h2-6,8,10,14H,7,9,11,16H2,1H3,(H,17,20). The summed E-state index contributed by atoms with van der Waals surface area (Å²) >= 11 is 0. The van der Waals surface area contributed by atoms with Crippen LogP contribution >= 0.6 is 0 Å². The molecule has 1 aromatic heterocycles. The summed E-state index contributed by atoms with van der Waals surface area (Å²) in [7, 11) is 1.52. The normalized spacial score (nSPS) is 12.1. The predicted molar refractivity (Wildman–Crippen MR) is 80.1 cm³/mol. The molecule has 1 aromatic carbocycles. The number of hydrogen-bond acceptors (Lipinski definition) is 4. The molecule has 21 heavy (non-hydrogen) atoms. The number of nitrogens with zero attached hydrogens (tertiary/aromatic N) is 2. The van der Waals surface area contributed by atoms with Crippen molar-refractivity contribution >= 4 is 5.91 Å². The molecule has 0 radical (unpaired) electrons. The maximum absolute atomic E-state index is 11.6. The number of carbonyl (C=O) groups excluding carboxylic acids is 1. The van der Waals surface area contributed by atoms with Crippen LogP contribution in [-0.4, -0.2) is 42.0 Å². The van der Waals surface area contributed by atoms with Crippen molar-refractivity contribution < 1.29 is 9.53 Å². The molecule has 0 spiro atoms. The predicted octanol–water partition coefficient (Wildman–Crippen LogP) is 0.505. The summed E-state index contributed by atoms with van der Waals surface area (Å²) in [4.78, 5) is 11.6. The Morgan fingerprint density at radius 1 is 1.43 bits per heavy atom. The third kappa shape index (κ3) is 4.40. The van der Waals surface area contributed by atoms with Gasteiger partial charge in [-0.1, -0.05) is 12.1 Å². The summed E-state index contributed by atoms with van der Waals surface area (Å²) in [5.74, 6) is -0.190. The summed E-state index contributed by atoms with van der Waals surface area (Å²) in [6.45, 7) is 0.780. The molecule has 0 saturated carbocycles. The van der Waals surface area contributed by atoms with Crippen LogP contribution in [0.25, 0.3) is 5.69 Å². The van der Waals surface area contributed by atoms with E-state index in [-0.39, 0.29) is 12.5 Å². The highest BCUT2D eigenvalue weighted by Crippen LogP contribution is 2.08. The van der Waals surface area contributed by atoms with E-state index in [9.17, 15) is 4.79 Å². The highest BCUT2D eigenvalue weighted by Gasteiger charge is 2.11. The lowest BCUT2D eigenvalue weighted by molar-refractivity contribution is -0.123. The number of amides is 1. The Balaban J connectivity index is 1.80. The van der Waals surface area contributed by atoms with Crippen molar-refractivity contribution in [2.75, 3.05) is 20.3 Å². The zero-order valence-electron chi connectivity index (χ0n) is 12.0. The lowest BCUT2D eigenvalue weighted by Crippen LogP contribution is -2.44. The Hall–Kier alpha value is -2.18. The fourth-order valence-corrected chi connectivity index (χ4v) is 1.95. The molecule has 0 saturated heterocycles. The maximum Gasteiger partial charge on any atom is 0.239 e. The number of aromatic nitrogens is 2. The topological polar surface area (TPSA) is 82.2 Å². The molecule has 1 amide bonds. The second-order valence-corrected chi connectivity index (χ2v) is 4.72. The van der Waals surface area contributed by atoms with Crippen molar-refractivity contribution in [3.8, 4) is 5.69 Å². The summed E-state index contributed by atoms with van der Waals surface area (Å²) in [6, 6.07) is 9.32. The SMILES string of the molecule is COCC(N)C(=O)NCCc1ccc(-n2cccn2)cc1. The molecule has 0 fully saturated rings. The second-order valence-electron chi connectivity index (χ2n) is 4.72. The number of benzene rings is 1. The van der Waals surface area contributed by atoms with Crippen LogP contribution in [0.1, 0.15) is 5.56 Å². The van der Waals surface area contributed by atoms with Gasteiger partial charge in [-0.2, -0.15) is 5.10 Å². The molecule has 3 N–H and O–H groups in total. The van der Waals surface area contributed by atoms with Crippen LogP contribution in [-0.2, 0) is 16.0 Å². The van der Waals surface area contributed by atoms with Gasteiger partial charge in [0.1, 0.15) is 6.04 Å².